The lowest BCUT2D eigenvalue weighted by Crippen LogP contribution is -2.31. The molecule has 0 heterocycles. The van der Waals surface area contributed by atoms with E-state index in [9.17, 15) is 18.1 Å². The van der Waals surface area contributed by atoms with Crippen molar-refractivity contribution in [1.82, 2.24) is 0 Å². The fourth-order valence-electron chi connectivity index (χ4n) is 1.42. The van der Waals surface area contributed by atoms with Gasteiger partial charge in [0, 0.05) is 6.42 Å². The van der Waals surface area contributed by atoms with Crippen molar-refractivity contribution in [2.75, 3.05) is 6.16 Å². The van der Waals surface area contributed by atoms with E-state index < -0.39 is 31.9 Å². The second-order valence-corrected chi connectivity index (χ2v) is 6.71. The summed E-state index contributed by atoms with van der Waals surface area (Å²) in [6.07, 6.45) is -1.31. The number of hydrogen-bond acceptors (Lipinski definition) is 2. The molecule has 108 valence electrons. The number of carbonyl (C=O) groups excluding carboxylic acids is 1. The summed E-state index contributed by atoms with van der Waals surface area (Å²) in [5.74, 6) is -4.66. The highest BCUT2D eigenvalue weighted by atomic mass is 31.2. The van der Waals surface area contributed by atoms with Gasteiger partial charge in [0.25, 0.3) is 0 Å². The van der Waals surface area contributed by atoms with E-state index in [1.165, 1.54) is 0 Å². The van der Waals surface area contributed by atoms with Crippen LogP contribution >= 0.6 is 7.60 Å². The summed E-state index contributed by atoms with van der Waals surface area (Å²) in [6.45, 7) is 5.92. The van der Waals surface area contributed by atoms with Gasteiger partial charge in [0.2, 0.25) is 5.78 Å². The minimum Gasteiger partial charge on any atom is -0.324 e. The van der Waals surface area contributed by atoms with Crippen LogP contribution in [0.4, 0.5) is 8.78 Å². The summed E-state index contributed by atoms with van der Waals surface area (Å²) in [5, 5.41) is 0. The van der Waals surface area contributed by atoms with Gasteiger partial charge in [0.05, 0.1) is 0 Å². The van der Waals surface area contributed by atoms with Crippen LogP contribution in [0.5, 0.6) is 0 Å². The summed E-state index contributed by atoms with van der Waals surface area (Å²) < 4.78 is 37.1. The minimum atomic E-state index is -4.71. The summed E-state index contributed by atoms with van der Waals surface area (Å²) in [5.41, 5.74) is 0. The van der Waals surface area contributed by atoms with Crippen molar-refractivity contribution in [1.29, 1.82) is 0 Å². The van der Waals surface area contributed by atoms with Gasteiger partial charge in [-0.1, -0.05) is 27.2 Å². The van der Waals surface area contributed by atoms with E-state index in [4.69, 9.17) is 9.79 Å². The molecule has 2 N–H and O–H groups in total. The van der Waals surface area contributed by atoms with Gasteiger partial charge in [0.15, 0.2) is 0 Å². The highest BCUT2D eigenvalue weighted by Gasteiger charge is 2.40. The van der Waals surface area contributed by atoms with Crippen LogP contribution in [-0.2, 0) is 9.36 Å². The fraction of sp³-hybridized carbons (Fsp3) is 0.909. The Morgan fingerprint density at radius 1 is 1.28 bits per heavy atom. The van der Waals surface area contributed by atoms with E-state index in [-0.39, 0.29) is 12.3 Å². The maximum absolute atomic E-state index is 13.3. The second kappa shape index (κ2) is 6.73. The third-order valence-corrected chi connectivity index (χ3v) is 3.74. The van der Waals surface area contributed by atoms with Gasteiger partial charge in [-0.25, -0.2) is 0 Å². The third-order valence-electron chi connectivity index (χ3n) is 3.05. The highest BCUT2D eigenvalue weighted by molar-refractivity contribution is 7.52. The molecule has 0 saturated heterocycles. The molecule has 0 radical (unpaired) electrons. The molecule has 0 aliphatic rings. The standard InChI is InChI=1S/C11H21F2O4P/c1-8(2)9(3)5-4-6-11(12,13)10(14)7-18(15,16)17/h8-9H,4-7H2,1-3H3,(H2,15,16,17). The average Bonchev–Trinajstić information content (AvgIpc) is 2.14. The molecule has 0 aromatic carbocycles. The normalized spacial score (nSPS) is 14.9. The van der Waals surface area contributed by atoms with E-state index >= 15 is 0 Å². The molecule has 18 heavy (non-hydrogen) atoms. The van der Waals surface area contributed by atoms with Crippen molar-refractivity contribution in [2.45, 2.75) is 46.0 Å². The first-order valence-electron chi connectivity index (χ1n) is 5.91. The maximum Gasteiger partial charge on any atom is 0.333 e. The molecule has 0 fully saturated rings. The molecule has 0 aliphatic heterocycles. The Morgan fingerprint density at radius 2 is 1.78 bits per heavy atom. The predicted octanol–water partition coefficient (Wildman–Crippen LogP) is 2.83. The predicted molar refractivity (Wildman–Crippen MR) is 64.7 cm³/mol. The number of carbonyl (C=O) groups is 1. The highest BCUT2D eigenvalue weighted by Crippen LogP contribution is 2.37. The van der Waals surface area contributed by atoms with E-state index in [0.717, 1.165) is 0 Å². The minimum absolute atomic E-state index is 0.166. The molecular weight excluding hydrogens is 265 g/mol. The Bertz CT molecular complexity index is 325. The Morgan fingerprint density at radius 3 is 2.17 bits per heavy atom. The summed E-state index contributed by atoms with van der Waals surface area (Å²) in [4.78, 5) is 28.0. The summed E-state index contributed by atoms with van der Waals surface area (Å²) >= 11 is 0. The largest absolute Gasteiger partial charge is 0.333 e. The van der Waals surface area contributed by atoms with Crippen LogP contribution in [0.2, 0.25) is 0 Å². The molecule has 0 spiro atoms. The Kier molecular flexibility index (Phi) is 6.61. The molecule has 7 heteroatoms. The Balaban J connectivity index is 4.23. The van der Waals surface area contributed by atoms with Gasteiger partial charge in [-0.05, 0) is 18.3 Å². The van der Waals surface area contributed by atoms with Gasteiger partial charge < -0.3 is 9.79 Å². The maximum atomic E-state index is 13.3. The first kappa shape index (κ1) is 17.7. The number of Topliss-reactive ketones (excluding diaryl/α,β-unsaturated/α-hetero) is 1. The molecule has 0 aromatic rings. The number of halogens is 2. The van der Waals surface area contributed by atoms with E-state index in [1.54, 1.807) is 0 Å². The van der Waals surface area contributed by atoms with Gasteiger partial charge in [-0.15, -0.1) is 0 Å². The van der Waals surface area contributed by atoms with Crippen LogP contribution in [0.3, 0.4) is 0 Å². The van der Waals surface area contributed by atoms with E-state index in [0.29, 0.717) is 12.3 Å². The molecule has 0 saturated carbocycles. The zero-order chi connectivity index (χ0) is 14.6. The molecule has 0 bridgehead atoms. The number of alkyl halides is 2. The van der Waals surface area contributed by atoms with Crippen LogP contribution in [0.1, 0.15) is 40.0 Å². The van der Waals surface area contributed by atoms with Gasteiger partial charge in [-0.3, -0.25) is 9.36 Å². The summed E-state index contributed by atoms with van der Waals surface area (Å²) in [7, 11) is -4.71. The Labute approximate surface area is 106 Å². The zero-order valence-electron chi connectivity index (χ0n) is 10.9. The zero-order valence-corrected chi connectivity index (χ0v) is 11.8. The summed E-state index contributed by atoms with van der Waals surface area (Å²) in [6, 6.07) is 0. The van der Waals surface area contributed by atoms with Crippen LogP contribution in [-0.4, -0.2) is 27.7 Å². The number of rotatable bonds is 8. The monoisotopic (exact) mass is 286 g/mol. The van der Waals surface area contributed by atoms with E-state index in [1.807, 2.05) is 20.8 Å². The van der Waals surface area contributed by atoms with Gasteiger partial charge >= 0.3 is 13.5 Å². The van der Waals surface area contributed by atoms with Crippen LogP contribution in [0.25, 0.3) is 0 Å². The first-order chi connectivity index (χ1) is 7.96. The van der Waals surface area contributed by atoms with Crippen LogP contribution < -0.4 is 0 Å². The number of ketones is 1. The third kappa shape index (κ3) is 7.19. The first-order valence-corrected chi connectivity index (χ1v) is 7.71. The van der Waals surface area contributed by atoms with E-state index in [2.05, 4.69) is 0 Å². The lowest BCUT2D eigenvalue weighted by atomic mass is 9.91. The topological polar surface area (TPSA) is 74.6 Å². The SMILES string of the molecule is CC(C)C(C)CCCC(F)(F)C(=O)CP(=O)(O)O. The second-order valence-electron chi connectivity index (χ2n) is 5.06. The molecule has 0 amide bonds. The molecule has 1 atom stereocenters. The van der Waals surface area contributed by atoms with Crippen molar-refractivity contribution in [3.05, 3.63) is 0 Å². The van der Waals surface area contributed by atoms with Crippen molar-refractivity contribution in [3.63, 3.8) is 0 Å². The quantitative estimate of drug-likeness (QED) is 0.673. The van der Waals surface area contributed by atoms with Crippen molar-refractivity contribution >= 4 is 13.4 Å². The van der Waals surface area contributed by atoms with Gasteiger partial charge in [-0.2, -0.15) is 8.78 Å². The van der Waals surface area contributed by atoms with Crippen LogP contribution in [0.15, 0.2) is 0 Å². The fourth-order valence-corrected chi connectivity index (χ4v) is 2.03. The molecular formula is C11H21F2O4P. The van der Waals surface area contributed by atoms with Gasteiger partial charge in [0.1, 0.15) is 6.16 Å². The lowest BCUT2D eigenvalue weighted by molar-refractivity contribution is -0.141. The van der Waals surface area contributed by atoms with Crippen molar-refractivity contribution < 1.29 is 27.9 Å². The average molecular weight is 286 g/mol. The molecule has 0 aromatic heterocycles. The molecule has 0 aliphatic carbocycles. The lowest BCUT2D eigenvalue weighted by Gasteiger charge is -2.18. The van der Waals surface area contributed by atoms with Crippen LogP contribution in [0, 0.1) is 11.8 Å². The molecule has 4 nitrogen and oxygen atoms in total. The smallest absolute Gasteiger partial charge is 0.324 e. The molecule has 0 rings (SSSR count). The van der Waals surface area contributed by atoms with Crippen molar-refractivity contribution in [3.8, 4) is 0 Å². The van der Waals surface area contributed by atoms with Crippen molar-refractivity contribution in [2.24, 2.45) is 11.8 Å². The Hall–Kier alpha value is -0.320. The molecule has 1 unspecified atom stereocenters. The number of hydrogen-bond donors (Lipinski definition) is 2.